The van der Waals surface area contributed by atoms with Crippen LogP contribution in [0.5, 0.6) is 0 Å². The maximum atomic E-state index is 13.1. The Bertz CT molecular complexity index is 342. The number of rotatable bonds is 2. The lowest BCUT2D eigenvalue weighted by Crippen LogP contribution is -2.06. The predicted octanol–water partition coefficient (Wildman–Crippen LogP) is 1.97. The second-order valence-corrected chi connectivity index (χ2v) is 3.05. The van der Waals surface area contributed by atoms with Crippen LogP contribution in [0.25, 0.3) is 0 Å². The summed E-state index contributed by atoms with van der Waals surface area (Å²) >= 11 is 0. The van der Waals surface area contributed by atoms with Gasteiger partial charge in [0.05, 0.1) is 5.69 Å². The highest BCUT2D eigenvalue weighted by Gasteiger charge is 2.13. The summed E-state index contributed by atoms with van der Waals surface area (Å²) in [5, 5.41) is 3.79. The molecule has 0 aromatic carbocycles. The van der Waals surface area contributed by atoms with Crippen LogP contribution >= 0.6 is 0 Å². The van der Waals surface area contributed by atoms with Gasteiger partial charge in [0, 0.05) is 0 Å². The molecule has 3 heteroatoms. The zero-order valence-electron chi connectivity index (χ0n) is 8.06. The molecule has 1 aromatic rings. The molecule has 0 bridgehead atoms. The topological polar surface area (TPSA) is 17.8 Å². The maximum Gasteiger partial charge on any atom is 0.174 e. The number of halogens is 1. The van der Waals surface area contributed by atoms with Gasteiger partial charge in [-0.15, -0.1) is 5.92 Å². The van der Waals surface area contributed by atoms with Crippen LogP contribution in [0, 0.1) is 23.9 Å². The van der Waals surface area contributed by atoms with E-state index in [9.17, 15) is 4.39 Å². The highest BCUT2D eigenvalue weighted by Crippen LogP contribution is 2.16. The fourth-order valence-corrected chi connectivity index (χ4v) is 1.15. The summed E-state index contributed by atoms with van der Waals surface area (Å²) < 4.78 is 14.7. The molecular weight excluding hydrogens is 167 g/mol. The molecule has 1 aromatic heterocycles. The van der Waals surface area contributed by atoms with Gasteiger partial charge >= 0.3 is 0 Å². The normalized spacial score (nSPS) is 9.92. The third-order valence-electron chi connectivity index (χ3n) is 1.72. The molecule has 0 saturated heterocycles. The van der Waals surface area contributed by atoms with Gasteiger partial charge < -0.3 is 0 Å². The standard InChI is InChI=1S/C10H12FN2/c1-4-5-6-13-10(8(2)3)9(11)7-12-13/h8H,6H2,1-3H3. The summed E-state index contributed by atoms with van der Waals surface area (Å²) in [6.07, 6.45) is 2.31. The monoisotopic (exact) mass is 179 g/mol. The van der Waals surface area contributed by atoms with Crippen molar-refractivity contribution in [2.24, 2.45) is 0 Å². The van der Waals surface area contributed by atoms with Gasteiger partial charge in [0.1, 0.15) is 6.54 Å². The summed E-state index contributed by atoms with van der Waals surface area (Å²) in [4.78, 5) is 0. The van der Waals surface area contributed by atoms with Crippen molar-refractivity contribution < 1.29 is 4.39 Å². The van der Waals surface area contributed by atoms with Crippen LogP contribution in [-0.4, -0.2) is 9.78 Å². The minimum atomic E-state index is -0.368. The van der Waals surface area contributed by atoms with Crippen LogP contribution in [0.3, 0.4) is 0 Å². The van der Waals surface area contributed by atoms with Crippen LogP contribution in [0.15, 0.2) is 0 Å². The molecule has 0 N–H and O–H groups in total. The van der Waals surface area contributed by atoms with Gasteiger partial charge in [-0.2, -0.15) is 5.10 Å². The van der Waals surface area contributed by atoms with Crippen molar-refractivity contribution >= 4 is 0 Å². The minimum absolute atomic E-state index is 0.109. The van der Waals surface area contributed by atoms with E-state index in [1.165, 1.54) is 0 Å². The van der Waals surface area contributed by atoms with E-state index in [2.05, 4.69) is 23.1 Å². The largest absolute Gasteiger partial charge is 0.254 e. The second kappa shape index (κ2) is 4.08. The van der Waals surface area contributed by atoms with Crippen LogP contribution < -0.4 is 0 Å². The Morgan fingerprint density at radius 3 is 2.85 bits per heavy atom. The summed E-state index contributed by atoms with van der Waals surface area (Å²) in [7, 11) is 0. The SMILES string of the molecule is CC#CCn1n[c]c(F)c1C(C)C. The molecule has 0 fully saturated rings. The first-order valence-electron chi connectivity index (χ1n) is 4.20. The van der Waals surface area contributed by atoms with Crippen molar-refractivity contribution in [2.45, 2.75) is 33.2 Å². The van der Waals surface area contributed by atoms with Crippen molar-refractivity contribution in [3.63, 3.8) is 0 Å². The van der Waals surface area contributed by atoms with Gasteiger partial charge in [-0.05, 0) is 12.8 Å². The number of aromatic nitrogens is 2. The number of hydrogen-bond acceptors (Lipinski definition) is 1. The minimum Gasteiger partial charge on any atom is -0.254 e. The molecule has 69 valence electrons. The zero-order chi connectivity index (χ0) is 9.84. The van der Waals surface area contributed by atoms with E-state index >= 15 is 0 Å². The van der Waals surface area contributed by atoms with Crippen molar-refractivity contribution in [3.8, 4) is 11.8 Å². The smallest absolute Gasteiger partial charge is 0.174 e. The highest BCUT2D eigenvalue weighted by atomic mass is 19.1. The first-order chi connectivity index (χ1) is 6.16. The molecule has 1 rings (SSSR count). The van der Waals surface area contributed by atoms with E-state index in [0.29, 0.717) is 12.2 Å². The van der Waals surface area contributed by atoms with Gasteiger partial charge in [-0.25, -0.2) is 4.39 Å². The Hall–Kier alpha value is -1.30. The van der Waals surface area contributed by atoms with E-state index < -0.39 is 0 Å². The van der Waals surface area contributed by atoms with Crippen molar-refractivity contribution in [3.05, 3.63) is 17.7 Å². The van der Waals surface area contributed by atoms with Crippen molar-refractivity contribution in [2.75, 3.05) is 0 Å². The van der Waals surface area contributed by atoms with E-state index in [0.717, 1.165) is 0 Å². The average Bonchev–Trinajstić information content (AvgIpc) is 2.43. The Morgan fingerprint density at radius 1 is 1.62 bits per heavy atom. The van der Waals surface area contributed by atoms with Crippen LogP contribution in [-0.2, 0) is 6.54 Å². The fourth-order valence-electron chi connectivity index (χ4n) is 1.15. The zero-order valence-corrected chi connectivity index (χ0v) is 8.06. The van der Waals surface area contributed by atoms with Gasteiger partial charge in [-0.3, -0.25) is 4.68 Å². The van der Waals surface area contributed by atoms with E-state index in [1.54, 1.807) is 11.6 Å². The van der Waals surface area contributed by atoms with E-state index in [-0.39, 0.29) is 11.7 Å². The first kappa shape index (κ1) is 9.79. The van der Waals surface area contributed by atoms with Gasteiger partial charge in [0.15, 0.2) is 12.0 Å². The molecule has 2 nitrogen and oxygen atoms in total. The lowest BCUT2D eigenvalue weighted by Gasteiger charge is -2.06. The number of nitrogens with zero attached hydrogens (tertiary/aromatic N) is 2. The molecule has 1 heterocycles. The fraction of sp³-hybridized carbons (Fsp3) is 0.500. The molecule has 13 heavy (non-hydrogen) atoms. The van der Waals surface area contributed by atoms with E-state index in [4.69, 9.17) is 0 Å². The molecule has 0 spiro atoms. The lowest BCUT2D eigenvalue weighted by atomic mass is 10.1. The molecule has 1 radical (unpaired) electrons. The highest BCUT2D eigenvalue weighted by molar-refractivity contribution is 5.10. The van der Waals surface area contributed by atoms with Gasteiger partial charge in [0.2, 0.25) is 0 Å². The molecule has 0 unspecified atom stereocenters. The van der Waals surface area contributed by atoms with Crippen LogP contribution in [0.1, 0.15) is 32.4 Å². The molecule has 0 saturated carbocycles. The maximum absolute atomic E-state index is 13.1. The van der Waals surface area contributed by atoms with Gasteiger partial charge in [0.25, 0.3) is 0 Å². The Labute approximate surface area is 77.8 Å². The molecular formula is C10H12FN2. The molecule has 0 aliphatic carbocycles. The number of hydrogen-bond donors (Lipinski definition) is 0. The van der Waals surface area contributed by atoms with Crippen LogP contribution in [0.4, 0.5) is 4.39 Å². The third kappa shape index (κ3) is 2.09. The summed E-state index contributed by atoms with van der Waals surface area (Å²) in [5.74, 6) is 5.32. The first-order valence-corrected chi connectivity index (χ1v) is 4.20. The summed E-state index contributed by atoms with van der Waals surface area (Å²) in [6, 6.07) is 0. The van der Waals surface area contributed by atoms with Crippen molar-refractivity contribution in [1.29, 1.82) is 0 Å². The Morgan fingerprint density at radius 2 is 2.31 bits per heavy atom. The average molecular weight is 179 g/mol. The Balaban J connectivity index is 2.98. The summed E-state index contributed by atoms with van der Waals surface area (Å²) in [6.45, 7) is 6.02. The van der Waals surface area contributed by atoms with Crippen LogP contribution in [0.2, 0.25) is 0 Å². The molecule has 0 aliphatic heterocycles. The Kier molecular flexibility index (Phi) is 3.07. The van der Waals surface area contributed by atoms with Gasteiger partial charge in [-0.1, -0.05) is 19.8 Å². The summed E-state index contributed by atoms with van der Waals surface area (Å²) in [5.41, 5.74) is 0.572. The predicted molar refractivity (Wildman–Crippen MR) is 48.6 cm³/mol. The second-order valence-electron chi connectivity index (χ2n) is 3.05. The van der Waals surface area contributed by atoms with E-state index in [1.807, 2.05) is 13.8 Å². The van der Waals surface area contributed by atoms with Crippen molar-refractivity contribution in [1.82, 2.24) is 9.78 Å². The lowest BCUT2D eigenvalue weighted by molar-refractivity contribution is 0.566. The third-order valence-corrected chi connectivity index (χ3v) is 1.72. The molecule has 0 atom stereocenters. The quantitative estimate of drug-likeness (QED) is 0.635. The molecule has 0 amide bonds. The molecule has 0 aliphatic rings.